The molecule has 2 heterocycles. The first-order valence-corrected chi connectivity index (χ1v) is 11.2. The first-order chi connectivity index (χ1) is 10.8. The molecule has 1 spiro atoms. The van der Waals surface area contributed by atoms with Gasteiger partial charge in [0.05, 0.1) is 26.2 Å². The minimum Gasteiger partial charge on any atom is -0.324 e. The van der Waals surface area contributed by atoms with Gasteiger partial charge in [-0.3, -0.25) is 0 Å². The third kappa shape index (κ3) is 2.35. The zero-order valence-corrected chi connectivity index (χ0v) is 14.4. The second-order valence-corrected chi connectivity index (χ2v) is 11.6. The van der Waals surface area contributed by atoms with Crippen molar-refractivity contribution in [2.45, 2.75) is 24.9 Å². The fourth-order valence-corrected chi connectivity index (χ4v) is 9.92. The lowest BCUT2D eigenvalue weighted by Gasteiger charge is -2.46. The van der Waals surface area contributed by atoms with Gasteiger partial charge < -0.3 is 4.48 Å². The molecule has 0 amide bonds. The van der Waals surface area contributed by atoms with Crippen molar-refractivity contribution in [2.75, 3.05) is 26.2 Å². The number of hydrogen-bond acceptors (Lipinski definition) is 0. The number of rotatable bonds is 2. The highest BCUT2D eigenvalue weighted by Crippen LogP contribution is 2.31. The topological polar surface area (TPSA) is 0 Å². The van der Waals surface area contributed by atoms with Crippen molar-refractivity contribution >= 4 is 18.4 Å². The highest BCUT2D eigenvalue weighted by molar-refractivity contribution is 7.02. The van der Waals surface area contributed by atoms with E-state index in [4.69, 9.17) is 0 Å². The van der Waals surface area contributed by atoms with Gasteiger partial charge in [0.1, 0.15) is 8.07 Å². The Morgan fingerprint density at radius 1 is 0.591 bits per heavy atom. The van der Waals surface area contributed by atoms with E-state index < -0.39 is 8.07 Å². The Balaban J connectivity index is 1.72. The smallest absolute Gasteiger partial charge is 0.129 e. The van der Waals surface area contributed by atoms with Gasteiger partial charge in [0, 0.05) is 24.9 Å². The van der Waals surface area contributed by atoms with Crippen LogP contribution in [-0.4, -0.2) is 38.7 Å². The summed E-state index contributed by atoms with van der Waals surface area (Å²) in [4.78, 5) is 0. The van der Waals surface area contributed by atoms with Gasteiger partial charge in [-0.1, -0.05) is 71.0 Å². The third-order valence-corrected chi connectivity index (χ3v) is 11.2. The van der Waals surface area contributed by atoms with Crippen molar-refractivity contribution in [3.8, 4) is 0 Å². The minimum atomic E-state index is -1.54. The lowest BCUT2D eigenvalue weighted by molar-refractivity contribution is -0.914. The third-order valence-electron chi connectivity index (χ3n) is 6.19. The predicted octanol–water partition coefficient (Wildman–Crippen LogP) is 2.87. The van der Waals surface area contributed by atoms with Gasteiger partial charge in [-0.05, 0) is 0 Å². The van der Waals surface area contributed by atoms with Gasteiger partial charge >= 0.3 is 0 Å². The highest BCUT2D eigenvalue weighted by atomic mass is 28.3. The van der Waals surface area contributed by atoms with Gasteiger partial charge in [-0.15, -0.1) is 0 Å². The van der Waals surface area contributed by atoms with Crippen LogP contribution >= 0.6 is 0 Å². The molecular formula is C20H26NSi+. The molecule has 2 heteroatoms. The van der Waals surface area contributed by atoms with Crippen LogP contribution in [0.1, 0.15) is 12.8 Å². The molecule has 2 saturated heterocycles. The summed E-state index contributed by atoms with van der Waals surface area (Å²) in [5.41, 5.74) is 0. The van der Waals surface area contributed by atoms with E-state index >= 15 is 0 Å². The Morgan fingerprint density at radius 2 is 1.05 bits per heavy atom. The standard InChI is InChI=1S/C20H26NSi/c1-3-9-19(10-4-1)22(20-11-5-2-6-12-20)17-15-21(16-18-22)13-7-8-14-21/h1-6,9-12H,7-8,13-18H2/q+1. The Labute approximate surface area is 135 Å². The van der Waals surface area contributed by atoms with Crippen LogP contribution in [0, 0.1) is 0 Å². The average molecular weight is 309 g/mol. The fourth-order valence-electron chi connectivity index (χ4n) is 4.80. The van der Waals surface area contributed by atoms with Crippen molar-refractivity contribution < 1.29 is 4.48 Å². The highest BCUT2D eigenvalue weighted by Gasteiger charge is 2.47. The van der Waals surface area contributed by atoms with Crippen LogP contribution in [0.4, 0.5) is 0 Å². The summed E-state index contributed by atoms with van der Waals surface area (Å²) in [5, 5.41) is 3.30. The second-order valence-electron chi connectivity index (χ2n) is 7.26. The molecule has 1 nitrogen and oxygen atoms in total. The number of quaternary nitrogens is 1. The lowest BCUT2D eigenvalue weighted by Crippen LogP contribution is -2.67. The summed E-state index contributed by atoms with van der Waals surface area (Å²) in [7, 11) is -1.54. The molecular weight excluding hydrogens is 282 g/mol. The van der Waals surface area contributed by atoms with Crippen LogP contribution < -0.4 is 10.4 Å². The first-order valence-electron chi connectivity index (χ1n) is 8.79. The molecule has 0 N–H and O–H groups in total. The zero-order valence-electron chi connectivity index (χ0n) is 13.4. The largest absolute Gasteiger partial charge is 0.324 e. The molecule has 2 aromatic rings. The average Bonchev–Trinajstić information content (AvgIpc) is 3.06. The summed E-state index contributed by atoms with van der Waals surface area (Å²) in [6.07, 6.45) is 2.90. The van der Waals surface area contributed by atoms with E-state index in [1.54, 1.807) is 10.4 Å². The van der Waals surface area contributed by atoms with Gasteiger partial charge in [-0.25, -0.2) is 0 Å². The quantitative estimate of drug-likeness (QED) is 0.591. The van der Waals surface area contributed by atoms with Gasteiger partial charge in [0.15, 0.2) is 0 Å². The molecule has 0 radical (unpaired) electrons. The minimum absolute atomic E-state index is 1.41. The molecule has 2 aliphatic rings. The van der Waals surface area contributed by atoms with E-state index in [0.717, 1.165) is 0 Å². The maximum Gasteiger partial charge on any atom is 0.129 e. The second kappa shape index (κ2) is 5.67. The van der Waals surface area contributed by atoms with E-state index in [1.807, 2.05) is 0 Å². The fraction of sp³-hybridized carbons (Fsp3) is 0.400. The van der Waals surface area contributed by atoms with Crippen molar-refractivity contribution in [1.82, 2.24) is 0 Å². The first kappa shape index (κ1) is 14.2. The van der Waals surface area contributed by atoms with Gasteiger partial charge in [0.25, 0.3) is 0 Å². The Bertz CT molecular complexity index is 565. The van der Waals surface area contributed by atoms with Gasteiger partial charge in [-0.2, -0.15) is 0 Å². The van der Waals surface area contributed by atoms with E-state index in [2.05, 4.69) is 60.7 Å². The number of nitrogens with zero attached hydrogens (tertiary/aromatic N) is 1. The van der Waals surface area contributed by atoms with E-state index in [-0.39, 0.29) is 0 Å². The summed E-state index contributed by atoms with van der Waals surface area (Å²) in [6, 6.07) is 25.7. The zero-order chi connectivity index (χ0) is 14.9. The van der Waals surface area contributed by atoms with Crippen molar-refractivity contribution in [3.63, 3.8) is 0 Å². The van der Waals surface area contributed by atoms with Gasteiger partial charge in [0.2, 0.25) is 0 Å². The van der Waals surface area contributed by atoms with Crippen LogP contribution in [-0.2, 0) is 0 Å². The number of benzene rings is 2. The Morgan fingerprint density at radius 3 is 1.50 bits per heavy atom. The summed E-state index contributed by atoms with van der Waals surface area (Å²) in [5.74, 6) is 0. The lowest BCUT2D eigenvalue weighted by atomic mass is 10.3. The van der Waals surface area contributed by atoms with Crippen molar-refractivity contribution in [1.29, 1.82) is 0 Å². The monoisotopic (exact) mass is 308 g/mol. The molecule has 114 valence electrons. The van der Waals surface area contributed by atoms with Crippen LogP contribution in [0.5, 0.6) is 0 Å². The maximum absolute atomic E-state index is 2.40. The molecule has 0 unspecified atom stereocenters. The van der Waals surface area contributed by atoms with Crippen molar-refractivity contribution in [2.24, 2.45) is 0 Å². The van der Waals surface area contributed by atoms with Crippen LogP contribution in [0.2, 0.25) is 12.1 Å². The molecule has 0 aromatic heterocycles. The van der Waals surface area contributed by atoms with Crippen LogP contribution in [0.15, 0.2) is 60.7 Å². The number of hydrogen-bond donors (Lipinski definition) is 0. The predicted molar refractivity (Wildman–Crippen MR) is 96.5 cm³/mol. The maximum atomic E-state index is 2.40. The molecule has 2 aliphatic heterocycles. The molecule has 2 fully saturated rings. The van der Waals surface area contributed by atoms with Crippen LogP contribution in [0.25, 0.3) is 0 Å². The Kier molecular flexibility index (Phi) is 3.67. The SMILES string of the molecule is c1ccc([Si]2(c3ccccc3)CC[N+]3(CCCC3)CC2)cc1. The van der Waals surface area contributed by atoms with Crippen LogP contribution in [0.3, 0.4) is 0 Å². The summed E-state index contributed by atoms with van der Waals surface area (Å²) < 4.78 is 1.43. The Hall–Kier alpha value is -1.38. The van der Waals surface area contributed by atoms with Crippen molar-refractivity contribution in [3.05, 3.63) is 60.7 Å². The summed E-state index contributed by atoms with van der Waals surface area (Å²) >= 11 is 0. The van der Waals surface area contributed by atoms with E-state index in [1.165, 1.54) is 55.6 Å². The molecule has 0 saturated carbocycles. The van der Waals surface area contributed by atoms with E-state index in [0.29, 0.717) is 0 Å². The molecule has 0 atom stereocenters. The normalized spacial score (nSPS) is 22.7. The summed E-state index contributed by atoms with van der Waals surface area (Å²) in [6.45, 7) is 5.70. The van der Waals surface area contributed by atoms with E-state index in [9.17, 15) is 0 Å². The molecule has 4 rings (SSSR count). The molecule has 2 aromatic carbocycles. The molecule has 22 heavy (non-hydrogen) atoms. The molecule has 0 aliphatic carbocycles. The molecule has 0 bridgehead atoms.